The van der Waals surface area contributed by atoms with Crippen molar-refractivity contribution in [3.63, 3.8) is 0 Å². The maximum absolute atomic E-state index is 12.4. The fraction of sp³-hybridized carbons (Fsp3) is 0.286. The van der Waals surface area contributed by atoms with Gasteiger partial charge in [-0.25, -0.2) is 4.98 Å². The van der Waals surface area contributed by atoms with Gasteiger partial charge in [-0.2, -0.15) is 0 Å². The van der Waals surface area contributed by atoms with Crippen molar-refractivity contribution in [3.8, 4) is 11.4 Å². The second-order valence-electron chi connectivity index (χ2n) is 6.53. The summed E-state index contributed by atoms with van der Waals surface area (Å²) in [6.45, 7) is 3.92. The van der Waals surface area contributed by atoms with Gasteiger partial charge in [-0.05, 0) is 32.3 Å². The SMILES string of the molecule is C[C@H](CCc1ccccc1)NC(=O)[C@H](C)Sc1n[nH]c(-c2ccccc2)n1. The lowest BCUT2D eigenvalue weighted by molar-refractivity contribution is -0.120. The Bertz CT molecular complexity index is 851. The molecule has 0 radical (unpaired) electrons. The van der Waals surface area contributed by atoms with E-state index in [1.54, 1.807) is 0 Å². The maximum atomic E-state index is 12.4. The summed E-state index contributed by atoms with van der Waals surface area (Å²) in [5.74, 6) is 0.716. The summed E-state index contributed by atoms with van der Waals surface area (Å²) in [6, 6.07) is 20.2. The first-order valence-electron chi connectivity index (χ1n) is 9.10. The van der Waals surface area contributed by atoms with E-state index in [-0.39, 0.29) is 17.2 Å². The number of amides is 1. The summed E-state index contributed by atoms with van der Waals surface area (Å²) in [6.07, 6.45) is 1.86. The number of aromatic amines is 1. The largest absolute Gasteiger partial charge is 0.353 e. The zero-order chi connectivity index (χ0) is 19.1. The normalized spacial score (nSPS) is 13.1. The van der Waals surface area contributed by atoms with E-state index in [1.807, 2.05) is 62.4 Å². The second kappa shape index (κ2) is 9.37. The average Bonchev–Trinajstić information content (AvgIpc) is 3.16. The number of hydrogen-bond donors (Lipinski definition) is 2. The van der Waals surface area contributed by atoms with Gasteiger partial charge in [0, 0.05) is 11.6 Å². The molecule has 0 fully saturated rings. The summed E-state index contributed by atoms with van der Waals surface area (Å²) in [5.41, 5.74) is 2.26. The Morgan fingerprint density at radius 2 is 1.74 bits per heavy atom. The number of H-pyrrole nitrogens is 1. The lowest BCUT2D eigenvalue weighted by Gasteiger charge is -2.16. The minimum atomic E-state index is -0.261. The highest BCUT2D eigenvalue weighted by Crippen LogP contribution is 2.22. The van der Waals surface area contributed by atoms with Crippen molar-refractivity contribution in [2.45, 2.75) is 43.1 Å². The van der Waals surface area contributed by atoms with Crippen LogP contribution in [-0.2, 0) is 11.2 Å². The number of aromatic nitrogens is 3. The van der Waals surface area contributed by atoms with Gasteiger partial charge in [0.2, 0.25) is 11.1 Å². The van der Waals surface area contributed by atoms with Crippen LogP contribution in [0.15, 0.2) is 65.8 Å². The average molecular weight is 381 g/mol. The first kappa shape index (κ1) is 19.2. The van der Waals surface area contributed by atoms with Gasteiger partial charge in [0.15, 0.2) is 5.82 Å². The summed E-state index contributed by atoms with van der Waals surface area (Å²) in [5, 5.41) is 10.5. The van der Waals surface area contributed by atoms with Gasteiger partial charge < -0.3 is 5.32 Å². The number of thioether (sulfide) groups is 1. The molecule has 3 rings (SSSR count). The summed E-state index contributed by atoms with van der Waals surface area (Å²) >= 11 is 1.36. The molecule has 2 atom stereocenters. The Hall–Kier alpha value is -2.60. The van der Waals surface area contributed by atoms with Gasteiger partial charge in [-0.15, -0.1) is 5.10 Å². The fourth-order valence-electron chi connectivity index (χ4n) is 2.70. The van der Waals surface area contributed by atoms with E-state index in [2.05, 4.69) is 32.6 Å². The number of rotatable bonds is 8. The van der Waals surface area contributed by atoms with Crippen molar-refractivity contribution >= 4 is 17.7 Å². The molecule has 5 nitrogen and oxygen atoms in total. The maximum Gasteiger partial charge on any atom is 0.233 e. The van der Waals surface area contributed by atoms with Crippen molar-refractivity contribution in [1.82, 2.24) is 20.5 Å². The Balaban J connectivity index is 1.48. The van der Waals surface area contributed by atoms with Crippen LogP contribution in [-0.4, -0.2) is 32.4 Å². The van der Waals surface area contributed by atoms with E-state index in [9.17, 15) is 4.79 Å². The number of nitrogens with zero attached hydrogens (tertiary/aromatic N) is 2. The van der Waals surface area contributed by atoms with Crippen LogP contribution in [0.2, 0.25) is 0 Å². The summed E-state index contributed by atoms with van der Waals surface area (Å²) < 4.78 is 0. The van der Waals surface area contributed by atoms with Crippen LogP contribution >= 0.6 is 11.8 Å². The lowest BCUT2D eigenvalue weighted by atomic mass is 10.1. The molecular weight excluding hydrogens is 356 g/mol. The van der Waals surface area contributed by atoms with Crippen molar-refractivity contribution in [2.24, 2.45) is 0 Å². The Labute approximate surface area is 164 Å². The zero-order valence-electron chi connectivity index (χ0n) is 15.6. The van der Waals surface area contributed by atoms with Gasteiger partial charge in [0.1, 0.15) is 0 Å². The van der Waals surface area contributed by atoms with Crippen LogP contribution in [0.5, 0.6) is 0 Å². The molecule has 0 unspecified atom stereocenters. The molecule has 0 saturated heterocycles. The van der Waals surface area contributed by atoms with Crippen LogP contribution in [0.1, 0.15) is 25.8 Å². The molecule has 0 aliphatic rings. The van der Waals surface area contributed by atoms with Crippen LogP contribution in [0.3, 0.4) is 0 Å². The molecule has 6 heteroatoms. The summed E-state index contributed by atoms with van der Waals surface area (Å²) in [7, 11) is 0. The molecule has 0 bridgehead atoms. The van der Waals surface area contributed by atoms with Crippen LogP contribution < -0.4 is 5.32 Å². The third-order valence-electron chi connectivity index (χ3n) is 4.26. The third-order valence-corrected chi connectivity index (χ3v) is 5.22. The Morgan fingerprint density at radius 3 is 2.44 bits per heavy atom. The van der Waals surface area contributed by atoms with E-state index in [0.29, 0.717) is 11.0 Å². The van der Waals surface area contributed by atoms with Gasteiger partial charge in [-0.3, -0.25) is 9.89 Å². The topological polar surface area (TPSA) is 70.7 Å². The van der Waals surface area contributed by atoms with Crippen molar-refractivity contribution in [1.29, 1.82) is 0 Å². The van der Waals surface area contributed by atoms with Crippen molar-refractivity contribution in [2.75, 3.05) is 0 Å². The number of hydrogen-bond acceptors (Lipinski definition) is 4. The number of carbonyl (C=O) groups excluding carboxylic acids is 1. The number of nitrogens with one attached hydrogen (secondary N) is 2. The molecule has 0 spiro atoms. The van der Waals surface area contributed by atoms with E-state index in [1.165, 1.54) is 17.3 Å². The summed E-state index contributed by atoms with van der Waals surface area (Å²) in [4.78, 5) is 16.9. The predicted octanol–water partition coefficient (Wildman–Crippen LogP) is 4.09. The molecule has 2 N–H and O–H groups in total. The van der Waals surface area contributed by atoms with Gasteiger partial charge in [0.05, 0.1) is 5.25 Å². The van der Waals surface area contributed by atoms with Gasteiger partial charge >= 0.3 is 0 Å². The molecule has 140 valence electrons. The van der Waals surface area contributed by atoms with Crippen LogP contribution in [0.4, 0.5) is 0 Å². The molecule has 3 aromatic rings. The van der Waals surface area contributed by atoms with Crippen LogP contribution in [0, 0.1) is 0 Å². The van der Waals surface area contributed by atoms with E-state index >= 15 is 0 Å². The van der Waals surface area contributed by atoms with Crippen molar-refractivity contribution < 1.29 is 4.79 Å². The smallest absolute Gasteiger partial charge is 0.233 e. The van der Waals surface area contributed by atoms with Gasteiger partial charge in [-0.1, -0.05) is 72.4 Å². The Morgan fingerprint density at radius 1 is 1.07 bits per heavy atom. The molecule has 1 aromatic heterocycles. The highest BCUT2D eigenvalue weighted by molar-refractivity contribution is 8.00. The molecular formula is C21H24N4OS. The van der Waals surface area contributed by atoms with Crippen LogP contribution in [0.25, 0.3) is 11.4 Å². The Kier molecular flexibility index (Phi) is 6.65. The standard InChI is InChI=1S/C21H24N4OS/c1-15(13-14-17-9-5-3-6-10-17)22-20(26)16(2)27-21-23-19(24-25-21)18-11-7-4-8-12-18/h3-12,15-16H,13-14H2,1-2H3,(H,22,26)(H,23,24,25)/t15-,16+/m1/s1. The first-order valence-corrected chi connectivity index (χ1v) is 9.98. The highest BCUT2D eigenvalue weighted by Gasteiger charge is 2.19. The van der Waals surface area contributed by atoms with E-state index in [0.717, 1.165) is 18.4 Å². The molecule has 0 aliphatic heterocycles. The number of aryl methyl sites for hydroxylation is 1. The van der Waals surface area contributed by atoms with E-state index < -0.39 is 0 Å². The second-order valence-corrected chi connectivity index (χ2v) is 7.83. The molecule has 2 aromatic carbocycles. The molecule has 1 amide bonds. The zero-order valence-corrected chi connectivity index (χ0v) is 16.4. The minimum Gasteiger partial charge on any atom is -0.353 e. The molecule has 27 heavy (non-hydrogen) atoms. The third kappa shape index (κ3) is 5.69. The quantitative estimate of drug-likeness (QED) is 0.578. The predicted molar refractivity (Wildman–Crippen MR) is 110 cm³/mol. The lowest BCUT2D eigenvalue weighted by Crippen LogP contribution is -2.37. The van der Waals surface area contributed by atoms with E-state index in [4.69, 9.17) is 0 Å². The monoisotopic (exact) mass is 380 g/mol. The van der Waals surface area contributed by atoms with Gasteiger partial charge in [0.25, 0.3) is 0 Å². The fourth-order valence-corrected chi connectivity index (χ4v) is 3.43. The van der Waals surface area contributed by atoms with Crippen molar-refractivity contribution in [3.05, 3.63) is 66.2 Å². The first-order chi connectivity index (χ1) is 13.1. The molecule has 0 saturated carbocycles. The minimum absolute atomic E-state index is 0.00613. The highest BCUT2D eigenvalue weighted by atomic mass is 32.2. The molecule has 1 heterocycles. The molecule has 0 aliphatic carbocycles. The number of benzene rings is 2. The number of carbonyl (C=O) groups is 1.